The lowest BCUT2D eigenvalue weighted by Crippen LogP contribution is -2.52. The van der Waals surface area contributed by atoms with Crippen molar-refractivity contribution in [1.29, 1.82) is 0 Å². The highest BCUT2D eigenvalue weighted by Gasteiger charge is 2.49. The van der Waals surface area contributed by atoms with Crippen molar-refractivity contribution >= 4 is 11.7 Å². The topological polar surface area (TPSA) is 39.7 Å². The van der Waals surface area contributed by atoms with Gasteiger partial charge in [-0.3, -0.25) is 9.69 Å². The van der Waals surface area contributed by atoms with Gasteiger partial charge in [-0.25, -0.2) is 9.37 Å². The maximum absolute atomic E-state index is 13.1. The summed E-state index contributed by atoms with van der Waals surface area (Å²) in [5, 5.41) is 0. The Bertz CT molecular complexity index is 869. The highest BCUT2D eigenvalue weighted by Crippen LogP contribution is 2.37. The van der Waals surface area contributed by atoms with Gasteiger partial charge in [0.15, 0.2) is 0 Å². The number of aryl methyl sites for hydroxylation is 1. The largest absolute Gasteiger partial charge is 0.351 e. The summed E-state index contributed by atoms with van der Waals surface area (Å²) in [5.41, 5.74) is 2.16. The minimum atomic E-state index is -0.241. The SMILES string of the molecule is Cc1ccc(N2C[C@@H]3C[C@H]2CN3C2CCN(Cc3ccc(F)cc3)C2=O)nc1. The number of amides is 1. The number of carbonyl (C=O) groups is 1. The summed E-state index contributed by atoms with van der Waals surface area (Å²) in [6.45, 7) is 5.27. The number of hydrogen-bond acceptors (Lipinski definition) is 4. The zero-order chi connectivity index (χ0) is 19.3. The molecule has 1 aromatic carbocycles. The predicted molar refractivity (Wildman–Crippen MR) is 105 cm³/mol. The highest BCUT2D eigenvalue weighted by atomic mass is 19.1. The molecule has 3 atom stereocenters. The maximum atomic E-state index is 13.1. The van der Waals surface area contributed by atoms with Crippen LogP contribution in [-0.2, 0) is 11.3 Å². The average molecular weight is 380 g/mol. The second-order valence-electron chi connectivity index (χ2n) is 8.28. The predicted octanol–water partition coefficient (Wildman–Crippen LogP) is 2.59. The smallest absolute Gasteiger partial charge is 0.240 e. The van der Waals surface area contributed by atoms with Gasteiger partial charge in [0.05, 0.1) is 6.04 Å². The van der Waals surface area contributed by atoms with Crippen molar-refractivity contribution < 1.29 is 9.18 Å². The number of benzene rings is 1. The molecule has 4 heterocycles. The Hall–Kier alpha value is -2.47. The standard InChI is InChI=1S/C22H25FN4O/c1-15-2-7-21(24-11-15)27-14-18-10-19(27)13-26(18)20-8-9-25(22(20)28)12-16-3-5-17(23)6-4-16/h2-7,11,18-20H,8-10,12-14H2,1H3/t18-,19-,20?/m0/s1. The molecule has 0 aliphatic carbocycles. The number of aromatic nitrogens is 1. The Morgan fingerprint density at radius 1 is 1.11 bits per heavy atom. The zero-order valence-corrected chi connectivity index (χ0v) is 16.1. The fraction of sp³-hybridized carbons (Fsp3) is 0.455. The van der Waals surface area contributed by atoms with Crippen LogP contribution in [0.2, 0.25) is 0 Å². The van der Waals surface area contributed by atoms with E-state index in [1.54, 1.807) is 12.1 Å². The number of carbonyl (C=O) groups excluding carboxylic acids is 1. The van der Waals surface area contributed by atoms with Crippen LogP contribution in [0.3, 0.4) is 0 Å². The Morgan fingerprint density at radius 3 is 2.61 bits per heavy atom. The van der Waals surface area contributed by atoms with Crippen molar-refractivity contribution in [3.8, 4) is 0 Å². The lowest BCUT2D eigenvalue weighted by molar-refractivity contribution is -0.133. The van der Waals surface area contributed by atoms with Crippen molar-refractivity contribution in [2.24, 2.45) is 0 Å². The van der Waals surface area contributed by atoms with Crippen LogP contribution in [0.5, 0.6) is 0 Å². The van der Waals surface area contributed by atoms with Crippen LogP contribution >= 0.6 is 0 Å². The van der Waals surface area contributed by atoms with Crippen LogP contribution in [0.15, 0.2) is 42.6 Å². The molecule has 0 saturated carbocycles. The summed E-state index contributed by atoms with van der Waals surface area (Å²) in [5.74, 6) is 1.03. The number of pyridine rings is 1. The number of likely N-dealkylation sites (tertiary alicyclic amines) is 2. The molecule has 2 aromatic rings. The molecule has 0 N–H and O–H groups in total. The first kappa shape index (κ1) is 17.6. The van der Waals surface area contributed by atoms with Crippen LogP contribution in [0.25, 0.3) is 0 Å². The van der Waals surface area contributed by atoms with Crippen LogP contribution in [0.1, 0.15) is 24.0 Å². The van der Waals surface area contributed by atoms with Crippen LogP contribution in [-0.4, -0.2) is 58.5 Å². The van der Waals surface area contributed by atoms with E-state index in [9.17, 15) is 9.18 Å². The Morgan fingerprint density at radius 2 is 1.93 bits per heavy atom. The van der Waals surface area contributed by atoms with Gasteiger partial charge in [-0.05, 0) is 49.1 Å². The fourth-order valence-corrected chi connectivity index (χ4v) is 4.99. The number of nitrogens with zero attached hydrogens (tertiary/aromatic N) is 4. The normalized spacial score (nSPS) is 27.2. The van der Waals surface area contributed by atoms with E-state index in [4.69, 9.17) is 0 Å². The third kappa shape index (κ3) is 3.05. The molecule has 1 unspecified atom stereocenters. The molecule has 1 aromatic heterocycles. The molecular formula is C22H25FN4O. The lowest BCUT2D eigenvalue weighted by Gasteiger charge is -2.37. The van der Waals surface area contributed by atoms with E-state index in [1.807, 2.05) is 11.1 Å². The molecule has 0 spiro atoms. The molecule has 0 radical (unpaired) electrons. The average Bonchev–Trinajstić information content (AvgIpc) is 3.39. The van der Waals surface area contributed by atoms with Gasteiger partial charge in [-0.2, -0.15) is 0 Å². The number of piperazine rings is 1. The van der Waals surface area contributed by atoms with Crippen LogP contribution in [0, 0.1) is 12.7 Å². The molecule has 3 fully saturated rings. The summed E-state index contributed by atoms with van der Waals surface area (Å²) < 4.78 is 13.1. The van der Waals surface area contributed by atoms with Crippen molar-refractivity contribution in [1.82, 2.24) is 14.8 Å². The minimum Gasteiger partial charge on any atom is -0.351 e. The monoisotopic (exact) mass is 380 g/mol. The van der Waals surface area contributed by atoms with E-state index in [0.29, 0.717) is 18.6 Å². The molecule has 3 aliphatic heterocycles. The molecule has 6 heteroatoms. The quantitative estimate of drug-likeness (QED) is 0.818. The molecule has 146 valence electrons. The highest BCUT2D eigenvalue weighted by molar-refractivity contribution is 5.84. The summed E-state index contributed by atoms with van der Waals surface area (Å²) >= 11 is 0. The molecule has 3 saturated heterocycles. The van der Waals surface area contributed by atoms with E-state index in [0.717, 1.165) is 43.9 Å². The Kier molecular flexibility index (Phi) is 4.31. The molecular weight excluding hydrogens is 355 g/mol. The first-order valence-electron chi connectivity index (χ1n) is 10.1. The number of rotatable bonds is 4. The number of hydrogen-bond donors (Lipinski definition) is 0. The van der Waals surface area contributed by atoms with Crippen molar-refractivity contribution in [2.45, 2.75) is 44.4 Å². The lowest BCUT2D eigenvalue weighted by atomic mass is 10.1. The number of halogens is 1. The van der Waals surface area contributed by atoms with E-state index in [2.05, 4.69) is 33.8 Å². The third-order valence-electron chi connectivity index (χ3n) is 6.43. The summed E-state index contributed by atoms with van der Waals surface area (Å²) in [4.78, 5) is 24.3. The van der Waals surface area contributed by atoms with Crippen molar-refractivity contribution in [3.63, 3.8) is 0 Å². The summed E-state index contributed by atoms with van der Waals surface area (Å²) in [6.07, 6.45) is 3.91. The van der Waals surface area contributed by atoms with Crippen LogP contribution in [0.4, 0.5) is 10.2 Å². The zero-order valence-electron chi connectivity index (χ0n) is 16.1. The van der Waals surface area contributed by atoms with Gasteiger partial charge in [0, 0.05) is 44.5 Å². The Balaban J connectivity index is 1.23. The Labute approximate surface area is 164 Å². The first-order valence-corrected chi connectivity index (χ1v) is 10.1. The minimum absolute atomic E-state index is 0.0106. The summed E-state index contributed by atoms with van der Waals surface area (Å²) in [7, 11) is 0. The first-order chi connectivity index (χ1) is 13.6. The van der Waals surface area contributed by atoms with Gasteiger partial charge in [-0.15, -0.1) is 0 Å². The molecule has 1 amide bonds. The van der Waals surface area contributed by atoms with Crippen LogP contribution < -0.4 is 4.90 Å². The van der Waals surface area contributed by atoms with E-state index < -0.39 is 0 Å². The second-order valence-corrected chi connectivity index (χ2v) is 8.28. The van der Waals surface area contributed by atoms with Crippen molar-refractivity contribution in [2.75, 3.05) is 24.5 Å². The van der Waals surface area contributed by atoms with Gasteiger partial charge in [0.2, 0.25) is 5.91 Å². The summed E-state index contributed by atoms with van der Waals surface area (Å²) in [6, 6.07) is 11.5. The van der Waals surface area contributed by atoms with Gasteiger partial charge in [-0.1, -0.05) is 18.2 Å². The van der Waals surface area contributed by atoms with Gasteiger partial charge in [0.25, 0.3) is 0 Å². The molecule has 2 bridgehead atoms. The van der Waals surface area contributed by atoms with Crippen molar-refractivity contribution in [3.05, 3.63) is 59.5 Å². The number of fused-ring (bicyclic) bond motifs is 2. The van der Waals surface area contributed by atoms with E-state index in [1.165, 1.54) is 17.7 Å². The molecule has 5 nitrogen and oxygen atoms in total. The number of anilines is 1. The molecule has 3 aliphatic rings. The second kappa shape index (κ2) is 6.85. The maximum Gasteiger partial charge on any atom is 0.240 e. The molecule has 5 rings (SSSR count). The van der Waals surface area contributed by atoms with Gasteiger partial charge in [0.1, 0.15) is 11.6 Å². The fourth-order valence-electron chi connectivity index (χ4n) is 4.99. The molecule has 28 heavy (non-hydrogen) atoms. The van der Waals surface area contributed by atoms with Gasteiger partial charge < -0.3 is 9.80 Å². The van der Waals surface area contributed by atoms with E-state index in [-0.39, 0.29) is 17.8 Å². The van der Waals surface area contributed by atoms with Gasteiger partial charge >= 0.3 is 0 Å². The third-order valence-corrected chi connectivity index (χ3v) is 6.43. The van der Waals surface area contributed by atoms with E-state index >= 15 is 0 Å².